The maximum atomic E-state index is 12.8. The number of methoxy groups -OCH3 is 1. The lowest BCUT2D eigenvalue weighted by atomic mass is 10.1. The van der Waals surface area contributed by atoms with Gasteiger partial charge in [-0.1, -0.05) is 11.6 Å². The minimum Gasteiger partial charge on any atom is -0.493 e. The minimum atomic E-state index is -0.0659. The van der Waals surface area contributed by atoms with Crippen LogP contribution in [0.1, 0.15) is 29.8 Å². The van der Waals surface area contributed by atoms with Crippen molar-refractivity contribution >= 4 is 28.5 Å². The number of halogens is 1. The van der Waals surface area contributed by atoms with Crippen LogP contribution in [0.3, 0.4) is 0 Å². The maximum Gasteiger partial charge on any atom is 0.289 e. The Hall–Kier alpha value is -1.72. The van der Waals surface area contributed by atoms with Gasteiger partial charge >= 0.3 is 0 Å². The molecule has 0 spiro atoms. The van der Waals surface area contributed by atoms with Gasteiger partial charge in [-0.3, -0.25) is 4.79 Å². The Balaban J connectivity index is 1.83. The predicted molar refractivity (Wildman–Crippen MR) is 95.0 cm³/mol. The topological polar surface area (TPSA) is 45.9 Å². The van der Waals surface area contributed by atoms with E-state index in [1.165, 1.54) is 0 Å². The summed E-state index contributed by atoms with van der Waals surface area (Å²) < 4.78 is 11.1. The molecule has 1 aliphatic rings. The Morgan fingerprint density at radius 2 is 2.08 bits per heavy atom. The van der Waals surface area contributed by atoms with Gasteiger partial charge in [0.15, 0.2) is 17.1 Å². The number of rotatable bonds is 3. The number of fused-ring (bicyclic) bond motifs is 1. The molecule has 130 valence electrons. The highest BCUT2D eigenvalue weighted by Gasteiger charge is 2.25. The third kappa shape index (κ3) is 3.37. The van der Waals surface area contributed by atoms with E-state index in [1.54, 1.807) is 25.3 Å². The van der Waals surface area contributed by atoms with E-state index in [9.17, 15) is 4.79 Å². The van der Waals surface area contributed by atoms with Crippen LogP contribution < -0.4 is 4.74 Å². The first-order chi connectivity index (χ1) is 11.5. The van der Waals surface area contributed by atoms with E-state index in [0.717, 1.165) is 37.7 Å². The van der Waals surface area contributed by atoms with E-state index < -0.39 is 0 Å². The molecule has 0 radical (unpaired) electrons. The van der Waals surface area contributed by atoms with Gasteiger partial charge in [0, 0.05) is 35.6 Å². The van der Waals surface area contributed by atoms with Crippen molar-refractivity contribution in [2.45, 2.75) is 25.3 Å². The van der Waals surface area contributed by atoms with Crippen molar-refractivity contribution in [1.29, 1.82) is 0 Å². The van der Waals surface area contributed by atoms with Crippen LogP contribution in [0.2, 0.25) is 5.02 Å². The molecule has 0 N–H and O–H groups in total. The molecule has 0 unspecified atom stereocenters. The normalized spacial score (nSPS) is 18.9. The molecule has 1 atom stereocenters. The van der Waals surface area contributed by atoms with Gasteiger partial charge in [-0.2, -0.15) is 0 Å². The molecule has 3 rings (SSSR count). The second-order valence-corrected chi connectivity index (χ2v) is 6.91. The molecule has 1 saturated heterocycles. The Bertz CT molecular complexity index is 741. The average Bonchev–Trinajstić information content (AvgIpc) is 2.81. The van der Waals surface area contributed by atoms with Crippen LogP contribution in [-0.4, -0.2) is 56.0 Å². The predicted octanol–water partition coefficient (Wildman–Crippen LogP) is 3.65. The number of carbonyl (C=O) groups excluding carboxylic acids is 1. The van der Waals surface area contributed by atoms with Crippen LogP contribution in [-0.2, 0) is 0 Å². The number of amides is 1. The minimum absolute atomic E-state index is 0.0659. The molecule has 0 saturated carbocycles. The third-order valence-electron chi connectivity index (χ3n) is 4.69. The van der Waals surface area contributed by atoms with Crippen LogP contribution >= 0.6 is 11.6 Å². The van der Waals surface area contributed by atoms with Gasteiger partial charge in [-0.25, -0.2) is 0 Å². The molecule has 0 bridgehead atoms. The first-order valence-electron chi connectivity index (χ1n) is 8.22. The van der Waals surface area contributed by atoms with Gasteiger partial charge in [-0.15, -0.1) is 0 Å². The highest BCUT2D eigenvalue weighted by atomic mass is 35.5. The van der Waals surface area contributed by atoms with Crippen LogP contribution in [0.4, 0.5) is 0 Å². The highest BCUT2D eigenvalue weighted by Crippen LogP contribution is 2.33. The lowest BCUT2D eigenvalue weighted by Gasteiger charge is -2.23. The van der Waals surface area contributed by atoms with Crippen molar-refractivity contribution in [3.8, 4) is 5.75 Å². The number of likely N-dealkylation sites (tertiary alicyclic amines) is 1. The van der Waals surface area contributed by atoms with Gasteiger partial charge in [0.05, 0.1) is 7.11 Å². The van der Waals surface area contributed by atoms with Crippen molar-refractivity contribution in [3.05, 3.63) is 29.0 Å². The van der Waals surface area contributed by atoms with E-state index in [4.69, 9.17) is 20.8 Å². The number of hydrogen-bond acceptors (Lipinski definition) is 4. The molecule has 2 aromatic rings. The maximum absolute atomic E-state index is 12.8. The zero-order valence-corrected chi connectivity index (χ0v) is 15.1. The SMILES string of the molecule is COc1cc(Cl)cc2cc(C(=O)N3CCC[C@H](N(C)C)CC3)oc12. The molecular weight excluding hydrogens is 328 g/mol. The zero-order valence-electron chi connectivity index (χ0n) is 14.3. The van der Waals surface area contributed by atoms with Gasteiger partial charge in [0.25, 0.3) is 5.91 Å². The summed E-state index contributed by atoms with van der Waals surface area (Å²) in [5.41, 5.74) is 0.561. The Morgan fingerprint density at radius 3 is 2.79 bits per heavy atom. The summed E-state index contributed by atoms with van der Waals surface area (Å²) in [5, 5.41) is 1.34. The van der Waals surface area contributed by atoms with Crippen molar-refractivity contribution in [1.82, 2.24) is 9.80 Å². The molecule has 1 aliphatic heterocycles. The fourth-order valence-corrected chi connectivity index (χ4v) is 3.51. The number of carbonyl (C=O) groups is 1. The van der Waals surface area contributed by atoms with Crippen LogP contribution in [0.25, 0.3) is 11.0 Å². The molecule has 1 fully saturated rings. The number of furan rings is 1. The number of benzene rings is 1. The lowest BCUT2D eigenvalue weighted by Crippen LogP contribution is -2.33. The Labute approximate surface area is 147 Å². The molecule has 1 aromatic carbocycles. The van der Waals surface area contributed by atoms with Crippen LogP contribution in [0, 0.1) is 0 Å². The fourth-order valence-electron chi connectivity index (χ4n) is 3.30. The smallest absolute Gasteiger partial charge is 0.289 e. The summed E-state index contributed by atoms with van der Waals surface area (Å²) in [6.07, 6.45) is 3.10. The van der Waals surface area contributed by atoms with Gasteiger partial charge in [0.2, 0.25) is 0 Å². The zero-order chi connectivity index (χ0) is 17.3. The summed E-state index contributed by atoms with van der Waals surface area (Å²) in [6, 6.07) is 5.75. The summed E-state index contributed by atoms with van der Waals surface area (Å²) in [6.45, 7) is 1.51. The molecule has 5 nitrogen and oxygen atoms in total. The van der Waals surface area contributed by atoms with E-state index in [2.05, 4.69) is 19.0 Å². The molecule has 2 heterocycles. The molecular formula is C18H23ClN2O3. The third-order valence-corrected chi connectivity index (χ3v) is 4.91. The summed E-state index contributed by atoms with van der Waals surface area (Å²) in [5.74, 6) is 0.817. The van der Waals surface area contributed by atoms with Gasteiger partial charge in [-0.05, 0) is 45.5 Å². The molecule has 1 aromatic heterocycles. The standard InChI is InChI=1S/C18H23ClN2O3/c1-20(2)14-5-4-7-21(8-6-14)18(22)16-10-12-9-13(19)11-15(23-3)17(12)24-16/h9-11,14H,4-8H2,1-3H3/t14-/m0/s1. The van der Waals surface area contributed by atoms with Crippen LogP contribution in [0.5, 0.6) is 5.75 Å². The van der Waals surface area contributed by atoms with Crippen molar-refractivity contribution in [2.75, 3.05) is 34.3 Å². The summed E-state index contributed by atoms with van der Waals surface area (Å²) in [4.78, 5) is 17.0. The number of nitrogens with zero attached hydrogens (tertiary/aromatic N) is 2. The second-order valence-electron chi connectivity index (χ2n) is 6.48. The average molecular weight is 351 g/mol. The monoisotopic (exact) mass is 350 g/mol. The Morgan fingerprint density at radius 1 is 1.29 bits per heavy atom. The number of ether oxygens (including phenoxy) is 1. The lowest BCUT2D eigenvalue weighted by molar-refractivity contribution is 0.0729. The first kappa shape index (κ1) is 17.1. The van der Waals surface area contributed by atoms with Crippen molar-refractivity contribution in [2.24, 2.45) is 0 Å². The van der Waals surface area contributed by atoms with E-state index in [-0.39, 0.29) is 5.91 Å². The quantitative estimate of drug-likeness (QED) is 0.847. The van der Waals surface area contributed by atoms with Gasteiger partial charge in [0.1, 0.15) is 0 Å². The first-order valence-corrected chi connectivity index (χ1v) is 8.60. The van der Waals surface area contributed by atoms with Crippen LogP contribution in [0.15, 0.2) is 22.6 Å². The number of hydrogen-bond donors (Lipinski definition) is 0. The molecule has 24 heavy (non-hydrogen) atoms. The van der Waals surface area contributed by atoms with Crippen molar-refractivity contribution in [3.63, 3.8) is 0 Å². The summed E-state index contributed by atoms with van der Waals surface area (Å²) >= 11 is 6.09. The van der Waals surface area contributed by atoms with Gasteiger partial charge < -0.3 is 19.0 Å². The largest absolute Gasteiger partial charge is 0.493 e. The Kier molecular flexibility index (Phi) is 5.01. The summed E-state index contributed by atoms with van der Waals surface area (Å²) in [7, 11) is 5.75. The van der Waals surface area contributed by atoms with E-state index >= 15 is 0 Å². The molecule has 6 heteroatoms. The fraction of sp³-hybridized carbons (Fsp3) is 0.500. The van der Waals surface area contributed by atoms with E-state index in [0.29, 0.717) is 28.2 Å². The molecule has 0 aliphatic carbocycles. The second kappa shape index (κ2) is 7.03. The highest BCUT2D eigenvalue weighted by molar-refractivity contribution is 6.31. The molecule has 1 amide bonds. The van der Waals surface area contributed by atoms with Crippen molar-refractivity contribution < 1.29 is 13.9 Å². The van der Waals surface area contributed by atoms with E-state index in [1.807, 2.05) is 4.90 Å².